The van der Waals surface area contributed by atoms with Gasteiger partial charge in [0.25, 0.3) is 0 Å². The van der Waals surface area contributed by atoms with Gasteiger partial charge in [-0.2, -0.15) is 5.06 Å². The average Bonchev–Trinajstić information content (AvgIpc) is 2.99. The molecule has 0 saturated carbocycles. The van der Waals surface area contributed by atoms with Gasteiger partial charge in [0, 0.05) is 19.5 Å². The molecule has 1 fully saturated rings. The van der Waals surface area contributed by atoms with Gasteiger partial charge in [-0.15, -0.1) is 0 Å². The smallest absolute Gasteiger partial charge is 0.221 e. The molecule has 1 amide bonds. The van der Waals surface area contributed by atoms with Gasteiger partial charge >= 0.3 is 0 Å². The zero-order valence-corrected chi connectivity index (χ0v) is 12.7. The molecule has 3 rings (SSSR count). The highest BCUT2D eigenvalue weighted by Crippen LogP contribution is 2.16. The van der Waals surface area contributed by atoms with Crippen LogP contribution in [0.2, 0.25) is 0 Å². The first kappa shape index (κ1) is 15.6. The molecule has 0 aliphatic carbocycles. The van der Waals surface area contributed by atoms with Gasteiger partial charge < -0.3 is 5.32 Å². The molecule has 1 atom stereocenters. The van der Waals surface area contributed by atoms with Crippen molar-refractivity contribution in [1.82, 2.24) is 10.4 Å². The van der Waals surface area contributed by atoms with Crippen LogP contribution in [-0.2, 0) is 22.8 Å². The summed E-state index contributed by atoms with van der Waals surface area (Å²) in [5, 5.41) is 4.64. The van der Waals surface area contributed by atoms with Crippen molar-refractivity contribution in [2.24, 2.45) is 0 Å². The highest BCUT2D eigenvalue weighted by Gasteiger charge is 2.28. The number of rotatable bonds is 6. The van der Waals surface area contributed by atoms with Crippen molar-refractivity contribution < 1.29 is 14.0 Å². The maximum Gasteiger partial charge on any atom is 0.221 e. The summed E-state index contributed by atoms with van der Waals surface area (Å²) >= 11 is 0. The van der Waals surface area contributed by atoms with Crippen molar-refractivity contribution >= 4 is 5.91 Å². The van der Waals surface area contributed by atoms with Crippen LogP contribution >= 0.6 is 0 Å². The maximum absolute atomic E-state index is 13.3. The van der Waals surface area contributed by atoms with Crippen molar-refractivity contribution in [3.8, 4) is 0 Å². The van der Waals surface area contributed by atoms with Crippen molar-refractivity contribution in [1.29, 1.82) is 0 Å². The molecule has 0 aromatic heterocycles. The van der Waals surface area contributed by atoms with Gasteiger partial charge in [0.15, 0.2) is 0 Å². The third-order valence-electron chi connectivity index (χ3n) is 3.83. The molecule has 23 heavy (non-hydrogen) atoms. The number of benzene rings is 2. The molecule has 1 aliphatic heterocycles. The average molecular weight is 314 g/mol. The van der Waals surface area contributed by atoms with Gasteiger partial charge in [-0.1, -0.05) is 42.5 Å². The largest absolute Gasteiger partial charge is 0.354 e. The Morgan fingerprint density at radius 2 is 1.91 bits per heavy atom. The minimum absolute atomic E-state index is 0.0173. The number of halogens is 1. The van der Waals surface area contributed by atoms with Crippen LogP contribution in [0.15, 0.2) is 54.6 Å². The molecule has 1 heterocycles. The molecule has 120 valence electrons. The van der Waals surface area contributed by atoms with Crippen LogP contribution in [0.5, 0.6) is 0 Å². The molecule has 0 spiro atoms. The number of carbonyl (C=O) groups is 1. The van der Waals surface area contributed by atoms with E-state index in [9.17, 15) is 9.18 Å². The van der Waals surface area contributed by atoms with Crippen LogP contribution < -0.4 is 5.32 Å². The maximum atomic E-state index is 13.3. The Kier molecular flexibility index (Phi) is 5.00. The monoisotopic (exact) mass is 314 g/mol. The quantitative estimate of drug-likeness (QED) is 0.834. The summed E-state index contributed by atoms with van der Waals surface area (Å²) in [5.74, 6) is -0.249. The second kappa shape index (κ2) is 7.35. The Morgan fingerprint density at radius 3 is 2.61 bits per heavy atom. The zero-order valence-electron chi connectivity index (χ0n) is 12.7. The zero-order chi connectivity index (χ0) is 16.1. The summed E-state index contributed by atoms with van der Waals surface area (Å²) in [6, 6.07) is 16.3. The Hall–Kier alpha value is -2.24. The lowest BCUT2D eigenvalue weighted by Gasteiger charge is -2.27. The van der Waals surface area contributed by atoms with E-state index in [4.69, 9.17) is 4.84 Å². The number of carbonyl (C=O) groups excluding carboxylic acids is 1. The number of hydroxylamine groups is 2. The molecule has 1 unspecified atom stereocenters. The van der Waals surface area contributed by atoms with Crippen LogP contribution in [0.1, 0.15) is 17.5 Å². The molecule has 1 N–H and O–H groups in total. The fourth-order valence-electron chi connectivity index (χ4n) is 2.62. The van der Waals surface area contributed by atoms with Gasteiger partial charge in [0.05, 0.1) is 12.6 Å². The number of nitrogens with one attached hydrogen (secondary N) is 1. The molecule has 0 bridgehead atoms. The predicted molar refractivity (Wildman–Crippen MR) is 84.6 cm³/mol. The second-order valence-corrected chi connectivity index (χ2v) is 5.63. The predicted octanol–water partition coefficient (Wildman–Crippen LogP) is 2.65. The van der Waals surface area contributed by atoms with Crippen LogP contribution in [0.25, 0.3) is 0 Å². The topological polar surface area (TPSA) is 41.6 Å². The van der Waals surface area contributed by atoms with Crippen LogP contribution in [-0.4, -0.2) is 23.6 Å². The van der Waals surface area contributed by atoms with Gasteiger partial charge in [-0.05, 0) is 23.3 Å². The number of nitrogens with zero attached hydrogens (tertiary/aromatic N) is 1. The van der Waals surface area contributed by atoms with E-state index in [-0.39, 0.29) is 24.4 Å². The first-order chi connectivity index (χ1) is 11.2. The molecule has 1 aliphatic rings. The highest BCUT2D eigenvalue weighted by molar-refractivity contribution is 5.78. The van der Waals surface area contributed by atoms with Gasteiger partial charge in [-0.25, -0.2) is 4.39 Å². The van der Waals surface area contributed by atoms with E-state index in [2.05, 4.69) is 5.32 Å². The Morgan fingerprint density at radius 1 is 1.13 bits per heavy atom. The SMILES string of the molecule is O=C1CC(N(Cc2ccccc2)OCc2cccc(F)c2)CN1. The van der Waals surface area contributed by atoms with Crippen molar-refractivity contribution in [3.05, 3.63) is 71.5 Å². The molecule has 4 nitrogen and oxygen atoms in total. The minimum Gasteiger partial charge on any atom is -0.354 e. The standard InChI is InChI=1S/C18H19FN2O2/c19-16-8-4-7-15(9-16)13-23-21(17-10-18(22)20-11-17)12-14-5-2-1-3-6-14/h1-9,17H,10-13H2,(H,20,22). The molecule has 5 heteroatoms. The molecular formula is C18H19FN2O2. The highest BCUT2D eigenvalue weighted by atomic mass is 19.1. The van der Waals surface area contributed by atoms with Gasteiger partial charge in [-0.3, -0.25) is 9.63 Å². The normalized spacial score (nSPS) is 17.5. The lowest BCUT2D eigenvalue weighted by Crippen LogP contribution is -2.36. The lowest BCUT2D eigenvalue weighted by atomic mass is 10.2. The Labute approximate surface area is 134 Å². The van der Waals surface area contributed by atoms with E-state index in [1.54, 1.807) is 6.07 Å². The first-order valence-electron chi connectivity index (χ1n) is 7.65. The summed E-state index contributed by atoms with van der Waals surface area (Å²) in [4.78, 5) is 17.4. The van der Waals surface area contributed by atoms with Crippen molar-refractivity contribution in [2.45, 2.75) is 25.6 Å². The number of hydrogen-bond donors (Lipinski definition) is 1. The lowest BCUT2D eigenvalue weighted by molar-refractivity contribution is -0.200. The summed E-state index contributed by atoms with van der Waals surface area (Å²) in [6.07, 6.45) is 0.413. The van der Waals surface area contributed by atoms with Crippen LogP contribution in [0.4, 0.5) is 4.39 Å². The van der Waals surface area contributed by atoms with Crippen molar-refractivity contribution in [3.63, 3.8) is 0 Å². The van der Waals surface area contributed by atoms with E-state index in [0.717, 1.165) is 11.1 Å². The van der Waals surface area contributed by atoms with E-state index >= 15 is 0 Å². The summed E-state index contributed by atoms with van der Waals surface area (Å²) in [7, 11) is 0. The van der Waals surface area contributed by atoms with Gasteiger partial charge in [0.2, 0.25) is 5.91 Å². The van der Waals surface area contributed by atoms with E-state index < -0.39 is 0 Å². The fourth-order valence-corrected chi connectivity index (χ4v) is 2.62. The van der Waals surface area contributed by atoms with Crippen molar-refractivity contribution in [2.75, 3.05) is 6.54 Å². The third-order valence-corrected chi connectivity index (χ3v) is 3.83. The number of hydrogen-bond acceptors (Lipinski definition) is 3. The summed E-state index contributed by atoms with van der Waals surface area (Å²) < 4.78 is 13.3. The Balaban J connectivity index is 1.68. The molecule has 2 aromatic carbocycles. The fraction of sp³-hybridized carbons (Fsp3) is 0.278. The van der Waals surface area contributed by atoms with Gasteiger partial charge in [0.1, 0.15) is 5.82 Å². The van der Waals surface area contributed by atoms with E-state index in [0.29, 0.717) is 19.5 Å². The molecule has 1 saturated heterocycles. The second-order valence-electron chi connectivity index (χ2n) is 5.63. The first-order valence-corrected chi connectivity index (χ1v) is 7.65. The third kappa shape index (κ3) is 4.37. The minimum atomic E-state index is -0.279. The molecule has 2 aromatic rings. The van der Waals surface area contributed by atoms with E-state index in [1.807, 2.05) is 41.5 Å². The van der Waals surface area contributed by atoms with Crippen LogP contribution in [0.3, 0.4) is 0 Å². The number of amides is 1. The Bertz CT molecular complexity index is 663. The van der Waals surface area contributed by atoms with Crippen LogP contribution in [0, 0.1) is 5.82 Å². The summed E-state index contributed by atoms with van der Waals surface area (Å²) in [6.45, 7) is 1.42. The molecular weight excluding hydrogens is 295 g/mol. The van der Waals surface area contributed by atoms with E-state index in [1.165, 1.54) is 12.1 Å². The summed E-state index contributed by atoms with van der Waals surface area (Å²) in [5.41, 5.74) is 1.87. The molecule has 0 radical (unpaired) electrons.